The smallest absolute Gasteiger partial charge is 0.328 e. The third kappa shape index (κ3) is 4.29. The van der Waals surface area contributed by atoms with Gasteiger partial charge < -0.3 is 10.6 Å². The SMILES string of the molecule is NC1CCC(CN2CCN(c3cccc4c(N5CCC(=O)NC5=O)cncc34)CC2)CC1. The van der Waals surface area contributed by atoms with Crippen molar-refractivity contribution in [1.29, 1.82) is 0 Å². The summed E-state index contributed by atoms with van der Waals surface area (Å²) in [6.45, 7) is 5.64. The van der Waals surface area contributed by atoms with Gasteiger partial charge in [0, 0.05) is 74.4 Å². The van der Waals surface area contributed by atoms with Crippen molar-refractivity contribution >= 4 is 34.1 Å². The number of nitrogens with zero attached hydrogens (tertiary/aromatic N) is 4. The third-order valence-corrected chi connectivity index (χ3v) is 7.23. The Labute approximate surface area is 188 Å². The highest BCUT2D eigenvalue weighted by Gasteiger charge is 2.27. The number of pyridine rings is 1. The fraction of sp³-hybridized carbons (Fsp3) is 0.542. The zero-order valence-corrected chi connectivity index (χ0v) is 18.5. The minimum atomic E-state index is -0.377. The van der Waals surface area contributed by atoms with Crippen LogP contribution in [-0.4, -0.2) is 67.1 Å². The topological polar surface area (TPSA) is 94.8 Å². The summed E-state index contributed by atoms with van der Waals surface area (Å²) in [6.07, 6.45) is 8.76. The van der Waals surface area contributed by atoms with Crippen molar-refractivity contribution in [1.82, 2.24) is 15.2 Å². The Kier molecular flexibility index (Phi) is 5.97. The molecule has 8 nitrogen and oxygen atoms in total. The van der Waals surface area contributed by atoms with E-state index in [1.807, 2.05) is 18.3 Å². The summed E-state index contributed by atoms with van der Waals surface area (Å²) in [7, 11) is 0. The number of aromatic nitrogens is 1. The van der Waals surface area contributed by atoms with Crippen LogP contribution in [0.4, 0.5) is 16.2 Å². The summed E-state index contributed by atoms with van der Waals surface area (Å²) in [5, 5.41) is 4.44. The Morgan fingerprint density at radius 2 is 1.72 bits per heavy atom. The molecule has 3 heterocycles. The summed E-state index contributed by atoms with van der Waals surface area (Å²) in [4.78, 5) is 35.0. The van der Waals surface area contributed by atoms with Gasteiger partial charge in [0.25, 0.3) is 0 Å². The summed E-state index contributed by atoms with van der Waals surface area (Å²) < 4.78 is 0. The predicted octanol–water partition coefficient (Wildman–Crippen LogP) is 2.32. The van der Waals surface area contributed by atoms with E-state index in [0.29, 0.717) is 19.0 Å². The zero-order valence-electron chi connectivity index (χ0n) is 18.5. The maximum Gasteiger partial charge on any atom is 0.328 e. The average molecular weight is 437 g/mol. The van der Waals surface area contributed by atoms with Gasteiger partial charge in [-0.1, -0.05) is 12.1 Å². The van der Waals surface area contributed by atoms with Crippen molar-refractivity contribution in [3.63, 3.8) is 0 Å². The van der Waals surface area contributed by atoms with E-state index in [1.54, 1.807) is 11.1 Å². The molecule has 5 rings (SSSR count). The number of carbonyl (C=O) groups excluding carboxylic acids is 2. The van der Waals surface area contributed by atoms with Gasteiger partial charge in [-0.15, -0.1) is 0 Å². The van der Waals surface area contributed by atoms with E-state index >= 15 is 0 Å². The van der Waals surface area contributed by atoms with Crippen molar-refractivity contribution in [3.8, 4) is 0 Å². The van der Waals surface area contributed by atoms with Crippen molar-refractivity contribution in [2.24, 2.45) is 11.7 Å². The molecule has 170 valence electrons. The molecule has 1 aromatic heterocycles. The minimum Gasteiger partial charge on any atom is -0.368 e. The molecule has 8 heteroatoms. The molecule has 2 aliphatic heterocycles. The maximum absolute atomic E-state index is 12.4. The van der Waals surface area contributed by atoms with Crippen LogP contribution in [0.25, 0.3) is 10.8 Å². The molecular formula is C24H32N6O2. The number of hydrogen-bond acceptors (Lipinski definition) is 6. The molecule has 0 bridgehead atoms. The van der Waals surface area contributed by atoms with Crippen LogP contribution in [0.1, 0.15) is 32.1 Å². The molecule has 3 aliphatic rings. The van der Waals surface area contributed by atoms with Gasteiger partial charge in [-0.05, 0) is 37.7 Å². The zero-order chi connectivity index (χ0) is 22.1. The van der Waals surface area contributed by atoms with E-state index in [4.69, 9.17) is 5.73 Å². The van der Waals surface area contributed by atoms with Crippen molar-refractivity contribution in [2.75, 3.05) is 49.1 Å². The third-order valence-electron chi connectivity index (χ3n) is 7.23. The number of carbonyl (C=O) groups is 2. The monoisotopic (exact) mass is 436 g/mol. The second kappa shape index (κ2) is 9.03. The van der Waals surface area contributed by atoms with Crippen LogP contribution in [0.5, 0.6) is 0 Å². The quantitative estimate of drug-likeness (QED) is 0.764. The van der Waals surface area contributed by atoms with Gasteiger partial charge in [-0.2, -0.15) is 0 Å². The fourth-order valence-corrected chi connectivity index (χ4v) is 5.36. The normalized spacial score (nSPS) is 25.3. The Bertz CT molecular complexity index is 995. The van der Waals surface area contributed by atoms with Crippen molar-refractivity contribution in [3.05, 3.63) is 30.6 Å². The lowest BCUT2D eigenvalue weighted by molar-refractivity contribution is -0.120. The number of hydrogen-bond donors (Lipinski definition) is 2. The molecule has 0 atom stereocenters. The van der Waals surface area contributed by atoms with E-state index in [0.717, 1.165) is 54.2 Å². The van der Waals surface area contributed by atoms with Crippen LogP contribution in [0.2, 0.25) is 0 Å². The summed E-state index contributed by atoms with van der Waals surface area (Å²) in [5.74, 6) is 0.558. The number of benzene rings is 1. The molecule has 2 aromatic rings. The molecule has 3 fully saturated rings. The second-order valence-corrected chi connectivity index (χ2v) is 9.35. The van der Waals surface area contributed by atoms with Crippen molar-refractivity contribution in [2.45, 2.75) is 38.1 Å². The van der Waals surface area contributed by atoms with Gasteiger partial charge in [0.2, 0.25) is 5.91 Å². The van der Waals surface area contributed by atoms with E-state index < -0.39 is 0 Å². The molecule has 1 aliphatic carbocycles. The van der Waals surface area contributed by atoms with Gasteiger partial charge in [0.1, 0.15) is 0 Å². The number of imide groups is 1. The van der Waals surface area contributed by atoms with Crippen LogP contribution in [-0.2, 0) is 4.79 Å². The summed E-state index contributed by atoms with van der Waals surface area (Å²) >= 11 is 0. The van der Waals surface area contributed by atoms with Gasteiger partial charge in [-0.3, -0.25) is 24.9 Å². The highest BCUT2D eigenvalue weighted by atomic mass is 16.2. The lowest BCUT2D eigenvalue weighted by Crippen LogP contribution is -2.49. The van der Waals surface area contributed by atoms with Crippen LogP contribution in [0.15, 0.2) is 30.6 Å². The molecule has 3 N–H and O–H groups in total. The predicted molar refractivity (Wildman–Crippen MR) is 126 cm³/mol. The molecule has 3 amide bonds. The molecule has 32 heavy (non-hydrogen) atoms. The standard InChI is InChI=1S/C24H32N6O2/c25-18-6-4-17(5-7-18)16-28-10-12-29(13-11-28)21-3-1-2-19-20(21)14-26-15-22(19)30-9-8-23(31)27-24(30)32/h1-3,14-15,17-18H,4-13,16,25H2,(H,27,31,32). The van der Waals surface area contributed by atoms with E-state index in [2.05, 4.69) is 26.2 Å². The first-order valence-corrected chi connectivity index (χ1v) is 11.8. The number of urea groups is 1. The largest absolute Gasteiger partial charge is 0.368 e. The molecule has 1 aromatic carbocycles. The summed E-state index contributed by atoms with van der Waals surface area (Å²) in [5.41, 5.74) is 7.98. The number of nitrogens with one attached hydrogen (secondary N) is 1. The van der Waals surface area contributed by atoms with Crippen LogP contribution >= 0.6 is 0 Å². The fourth-order valence-electron chi connectivity index (χ4n) is 5.36. The lowest BCUT2D eigenvalue weighted by Gasteiger charge is -2.39. The highest BCUT2D eigenvalue weighted by molar-refractivity contribution is 6.11. The molecular weight excluding hydrogens is 404 g/mol. The molecule has 0 radical (unpaired) electrons. The van der Waals surface area contributed by atoms with Crippen molar-refractivity contribution < 1.29 is 9.59 Å². The van der Waals surface area contributed by atoms with Gasteiger partial charge in [0.05, 0.1) is 11.9 Å². The summed E-state index contributed by atoms with van der Waals surface area (Å²) in [6, 6.07) is 6.25. The first-order chi connectivity index (χ1) is 15.6. The van der Waals surface area contributed by atoms with Gasteiger partial charge >= 0.3 is 6.03 Å². The average Bonchev–Trinajstić information content (AvgIpc) is 2.81. The molecule has 0 spiro atoms. The van der Waals surface area contributed by atoms with E-state index in [-0.39, 0.29) is 11.9 Å². The second-order valence-electron chi connectivity index (χ2n) is 9.35. The van der Waals surface area contributed by atoms with Crippen LogP contribution in [0, 0.1) is 5.92 Å². The number of amides is 3. The maximum atomic E-state index is 12.4. The minimum absolute atomic E-state index is 0.228. The number of rotatable bonds is 4. The van der Waals surface area contributed by atoms with E-state index in [1.165, 1.54) is 32.2 Å². The number of anilines is 2. The Morgan fingerprint density at radius 1 is 0.938 bits per heavy atom. The Balaban J connectivity index is 1.30. The molecule has 2 saturated heterocycles. The van der Waals surface area contributed by atoms with Gasteiger partial charge in [0.15, 0.2) is 0 Å². The Morgan fingerprint density at radius 3 is 2.47 bits per heavy atom. The first kappa shape index (κ1) is 21.2. The van der Waals surface area contributed by atoms with Crippen LogP contribution < -0.4 is 20.9 Å². The number of piperazine rings is 1. The number of fused-ring (bicyclic) bond motifs is 1. The molecule has 1 saturated carbocycles. The van der Waals surface area contributed by atoms with Crippen LogP contribution in [0.3, 0.4) is 0 Å². The Hall–Kier alpha value is -2.71. The van der Waals surface area contributed by atoms with E-state index in [9.17, 15) is 9.59 Å². The molecule has 0 unspecified atom stereocenters. The highest BCUT2D eigenvalue weighted by Crippen LogP contribution is 2.34. The lowest BCUT2D eigenvalue weighted by atomic mass is 9.86. The first-order valence-electron chi connectivity index (χ1n) is 11.8. The van der Waals surface area contributed by atoms with Gasteiger partial charge in [-0.25, -0.2) is 4.79 Å². The number of nitrogens with two attached hydrogens (primary N) is 1.